The molecular formula is C21H21NO6. The number of rotatable bonds is 5. The molecule has 0 aliphatic carbocycles. The summed E-state index contributed by atoms with van der Waals surface area (Å²) in [5.74, 6) is 2.90. The number of fused-ring (bicyclic) bond motifs is 2. The Hall–Kier alpha value is -2.93. The molecule has 0 radical (unpaired) electrons. The van der Waals surface area contributed by atoms with Gasteiger partial charge in [0.2, 0.25) is 13.6 Å². The highest BCUT2D eigenvalue weighted by molar-refractivity contribution is 5.81. The van der Waals surface area contributed by atoms with Crippen LogP contribution in [0.25, 0.3) is 0 Å². The SMILES string of the molecule is O=C([C@H]1CCCO1)N(Cc1ccc2c(c1)OCO2)Cc1ccc2c(c1)OCO2. The van der Waals surface area contributed by atoms with Crippen LogP contribution in [-0.4, -0.2) is 37.1 Å². The van der Waals surface area contributed by atoms with Gasteiger partial charge in [-0.2, -0.15) is 0 Å². The predicted octanol–water partition coefficient (Wildman–Crippen LogP) is 2.85. The van der Waals surface area contributed by atoms with Crippen LogP contribution in [0.1, 0.15) is 24.0 Å². The Labute approximate surface area is 162 Å². The molecule has 2 aromatic carbocycles. The summed E-state index contributed by atoms with van der Waals surface area (Å²) in [4.78, 5) is 14.9. The number of hydrogen-bond acceptors (Lipinski definition) is 6. The molecule has 0 spiro atoms. The molecule has 0 aromatic heterocycles. The first-order chi connectivity index (χ1) is 13.8. The van der Waals surface area contributed by atoms with Crippen LogP contribution < -0.4 is 18.9 Å². The number of benzene rings is 2. The Bertz CT molecular complexity index is 833. The average molecular weight is 383 g/mol. The Morgan fingerprint density at radius 3 is 1.96 bits per heavy atom. The second kappa shape index (κ2) is 7.24. The lowest BCUT2D eigenvalue weighted by Crippen LogP contribution is -2.38. The predicted molar refractivity (Wildman–Crippen MR) is 98.4 cm³/mol. The van der Waals surface area contributed by atoms with Crippen LogP contribution in [0.3, 0.4) is 0 Å². The minimum absolute atomic E-state index is 0.00725. The molecular weight excluding hydrogens is 362 g/mol. The van der Waals surface area contributed by atoms with Crippen molar-refractivity contribution in [2.75, 3.05) is 20.2 Å². The van der Waals surface area contributed by atoms with Crippen molar-refractivity contribution in [2.45, 2.75) is 32.0 Å². The van der Waals surface area contributed by atoms with Crippen molar-refractivity contribution in [3.8, 4) is 23.0 Å². The van der Waals surface area contributed by atoms with E-state index in [9.17, 15) is 4.79 Å². The summed E-state index contributed by atoms with van der Waals surface area (Å²) in [6, 6.07) is 11.5. The zero-order chi connectivity index (χ0) is 18.9. The van der Waals surface area contributed by atoms with E-state index in [1.807, 2.05) is 41.3 Å². The van der Waals surface area contributed by atoms with Crippen LogP contribution in [0.15, 0.2) is 36.4 Å². The van der Waals surface area contributed by atoms with Crippen LogP contribution in [0.5, 0.6) is 23.0 Å². The van der Waals surface area contributed by atoms with Gasteiger partial charge < -0.3 is 28.6 Å². The standard InChI is InChI=1S/C21H21NO6/c23-21(18-2-1-7-24-18)22(10-14-3-5-16-19(8-14)27-12-25-16)11-15-4-6-17-20(9-15)28-13-26-17/h3-6,8-9,18H,1-2,7,10-13H2/t18-/m1/s1. The number of amides is 1. The van der Waals surface area contributed by atoms with Crippen molar-refractivity contribution >= 4 is 5.91 Å². The third-order valence-corrected chi connectivity index (χ3v) is 5.14. The zero-order valence-corrected chi connectivity index (χ0v) is 15.4. The van der Waals surface area contributed by atoms with Gasteiger partial charge in [-0.3, -0.25) is 4.79 Å². The van der Waals surface area contributed by atoms with Crippen molar-refractivity contribution in [3.63, 3.8) is 0 Å². The van der Waals surface area contributed by atoms with E-state index in [1.54, 1.807) is 0 Å². The monoisotopic (exact) mass is 383 g/mol. The Balaban J connectivity index is 1.38. The van der Waals surface area contributed by atoms with Gasteiger partial charge in [0.05, 0.1) is 0 Å². The van der Waals surface area contributed by atoms with Gasteiger partial charge in [-0.15, -0.1) is 0 Å². The quantitative estimate of drug-likeness (QED) is 0.791. The molecule has 0 N–H and O–H groups in total. The molecule has 3 aliphatic heterocycles. The van der Waals surface area contributed by atoms with E-state index in [0.29, 0.717) is 31.2 Å². The maximum Gasteiger partial charge on any atom is 0.252 e. The van der Waals surface area contributed by atoms with Crippen molar-refractivity contribution in [2.24, 2.45) is 0 Å². The van der Waals surface area contributed by atoms with Gasteiger partial charge in [0, 0.05) is 19.7 Å². The first-order valence-corrected chi connectivity index (χ1v) is 9.44. The van der Waals surface area contributed by atoms with Gasteiger partial charge >= 0.3 is 0 Å². The van der Waals surface area contributed by atoms with E-state index in [-0.39, 0.29) is 25.6 Å². The normalized spacial score (nSPS) is 19.1. The van der Waals surface area contributed by atoms with E-state index in [4.69, 9.17) is 23.7 Å². The van der Waals surface area contributed by atoms with Crippen molar-refractivity contribution in [1.82, 2.24) is 4.90 Å². The lowest BCUT2D eigenvalue weighted by molar-refractivity contribution is -0.142. The molecule has 0 saturated carbocycles. The fourth-order valence-electron chi connectivity index (χ4n) is 3.71. The number of carbonyl (C=O) groups excluding carboxylic acids is 1. The molecule has 7 heteroatoms. The number of hydrogen-bond donors (Lipinski definition) is 0. The first-order valence-electron chi connectivity index (χ1n) is 9.44. The largest absolute Gasteiger partial charge is 0.454 e. The molecule has 7 nitrogen and oxygen atoms in total. The second-order valence-corrected chi connectivity index (χ2v) is 7.07. The smallest absolute Gasteiger partial charge is 0.252 e. The summed E-state index contributed by atoms with van der Waals surface area (Å²) < 4.78 is 27.3. The van der Waals surface area contributed by atoms with E-state index < -0.39 is 0 Å². The van der Waals surface area contributed by atoms with E-state index in [1.165, 1.54) is 0 Å². The summed E-state index contributed by atoms with van der Waals surface area (Å²) in [5, 5.41) is 0. The molecule has 0 unspecified atom stereocenters. The van der Waals surface area contributed by atoms with E-state index in [0.717, 1.165) is 35.5 Å². The molecule has 1 atom stereocenters. The third kappa shape index (κ3) is 3.33. The Morgan fingerprint density at radius 1 is 0.857 bits per heavy atom. The summed E-state index contributed by atoms with van der Waals surface area (Å²) in [7, 11) is 0. The number of carbonyl (C=O) groups is 1. The lowest BCUT2D eigenvalue weighted by atomic mass is 10.1. The minimum atomic E-state index is -0.372. The fourth-order valence-corrected chi connectivity index (χ4v) is 3.71. The van der Waals surface area contributed by atoms with Crippen LogP contribution in [-0.2, 0) is 22.6 Å². The van der Waals surface area contributed by atoms with Gasteiger partial charge in [-0.25, -0.2) is 0 Å². The van der Waals surface area contributed by atoms with Gasteiger partial charge in [0.15, 0.2) is 23.0 Å². The molecule has 1 saturated heterocycles. The molecule has 2 aromatic rings. The van der Waals surface area contributed by atoms with Crippen molar-refractivity contribution in [3.05, 3.63) is 47.5 Å². The summed E-state index contributed by atoms with van der Waals surface area (Å²) in [6.45, 7) is 2.02. The zero-order valence-electron chi connectivity index (χ0n) is 15.4. The highest BCUT2D eigenvalue weighted by Crippen LogP contribution is 2.34. The van der Waals surface area contributed by atoms with Gasteiger partial charge in [0.1, 0.15) is 6.10 Å². The topological polar surface area (TPSA) is 66.5 Å². The molecule has 5 rings (SSSR count). The second-order valence-electron chi connectivity index (χ2n) is 7.07. The highest BCUT2D eigenvalue weighted by atomic mass is 16.7. The molecule has 0 bridgehead atoms. The fraction of sp³-hybridized carbons (Fsp3) is 0.381. The van der Waals surface area contributed by atoms with E-state index in [2.05, 4.69) is 0 Å². The average Bonchev–Trinajstić information content (AvgIpc) is 3.47. The third-order valence-electron chi connectivity index (χ3n) is 5.14. The highest BCUT2D eigenvalue weighted by Gasteiger charge is 2.29. The lowest BCUT2D eigenvalue weighted by Gasteiger charge is -2.26. The van der Waals surface area contributed by atoms with Crippen LogP contribution in [0, 0.1) is 0 Å². The molecule has 1 amide bonds. The van der Waals surface area contributed by atoms with Gasteiger partial charge in [-0.1, -0.05) is 12.1 Å². The Kier molecular flexibility index (Phi) is 4.44. The minimum Gasteiger partial charge on any atom is -0.454 e. The molecule has 28 heavy (non-hydrogen) atoms. The van der Waals surface area contributed by atoms with Gasteiger partial charge in [-0.05, 0) is 48.2 Å². The van der Waals surface area contributed by atoms with Crippen molar-refractivity contribution in [1.29, 1.82) is 0 Å². The molecule has 3 heterocycles. The van der Waals surface area contributed by atoms with Crippen LogP contribution >= 0.6 is 0 Å². The maximum atomic E-state index is 13.1. The van der Waals surface area contributed by atoms with Crippen LogP contribution in [0.4, 0.5) is 0 Å². The van der Waals surface area contributed by atoms with E-state index >= 15 is 0 Å². The Morgan fingerprint density at radius 2 is 1.43 bits per heavy atom. The molecule has 1 fully saturated rings. The first kappa shape index (κ1) is 17.2. The summed E-state index contributed by atoms with van der Waals surface area (Å²) >= 11 is 0. The maximum absolute atomic E-state index is 13.1. The summed E-state index contributed by atoms with van der Waals surface area (Å²) in [6.07, 6.45) is 1.30. The number of nitrogens with zero attached hydrogens (tertiary/aromatic N) is 1. The van der Waals surface area contributed by atoms with Crippen LogP contribution in [0.2, 0.25) is 0 Å². The van der Waals surface area contributed by atoms with Gasteiger partial charge in [0.25, 0.3) is 5.91 Å². The van der Waals surface area contributed by atoms with Crippen molar-refractivity contribution < 1.29 is 28.5 Å². The summed E-state index contributed by atoms with van der Waals surface area (Å²) in [5.41, 5.74) is 1.97. The molecule has 3 aliphatic rings. The molecule has 146 valence electrons. The number of ether oxygens (including phenoxy) is 5.